The number of rotatable bonds is 4. The average Bonchev–Trinajstić information content (AvgIpc) is 2.77. The lowest BCUT2D eigenvalue weighted by atomic mass is 10.0. The summed E-state index contributed by atoms with van der Waals surface area (Å²) in [5.74, 6) is 0. The molecule has 0 spiro atoms. The van der Waals surface area contributed by atoms with E-state index in [1.54, 1.807) is 6.07 Å². The Morgan fingerprint density at radius 1 is 1.41 bits per heavy atom. The van der Waals surface area contributed by atoms with Crippen LogP contribution in [0.2, 0.25) is 10.0 Å². The molecule has 2 N–H and O–H groups in total. The predicted molar refractivity (Wildman–Crippen MR) is 71.7 cm³/mol. The fourth-order valence-electron chi connectivity index (χ4n) is 2.24. The quantitative estimate of drug-likeness (QED) is 0.912. The number of ether oxygens (including phenoxy) is 1. The molecule has 1 aliphatic heterocycles. The van der Waals surface area contributed by atoms with Gasteiger partial charge in [0.25, 0.3) is 0 Å². The monoisotopic (exact) mass is 273 g/mol. The molecule has 1 saturated heterocycles. The van der Waals surface area contributed by atoms with Crippen molar-refractivity contribution in [1.29, 1.82) is 0 Å². The van der Waals surface area contributed by atoms with Gasteiger partial charge in [0.2, 0.25) is 0 Å². The molecule has 17 heavy (non-hydrogen) atoms. The van der Waals surface area contributed by atoms with Crippen LogP contribution in [0, 0.1) is 0 Å². The van der Waals surface area contributed by atoms with Gasteiger partial charge in [0.05, 0.1) is 16.1 Å². The molecule has 2 atom stereocenters. The van der Waals surface area contributed by atoms with Gasteiger partial charge in [-0.2, -0.15) is 0 Å². The first-order valence-corrected chi connectivity index (χ1v) is 6.72. The number of nitrogens with two attached hydrogens (primary N) is 1. The van der Waals surface area contributed by atoms with Crippen molar-refractivity contribution in [3.63, 3.8) is 0 Å². The fourth-order valence-corrected chi connectivity index (χ4v) is 2.64. The third-order valence-corrected chi connectivity index (χ3v) is 3.96. The Labute approximate surface area is 112 Å². The van der Waals surface area contributed by atoms with Crippen LogP contribution in [-0.4, -0.2) is 18.8 Å². The SMILES string of the molecule is NC(Cc1cccc(Cl)c1Cl)CC1CCCO1. The normalized spacial score (nSPS) is 21.7. The summed E-state index contributed by atoms with van der Waals surface area (Å²) in [6.07, 6.45) is 4.23. The third-order valence-electron chi connectivity index (χ3n) is 3.10. The number of benzene rings is 1. The number of hydrogen-bond donors (Lipinski definition) is 1. The van der Waals surface area contributed by atoms with Crippen LogP contribution in [0.1, 0.15) is 24.8 Å². The van der Waals surface area contributed by atoms with Gasteiger partial charge in [-0.15, -0.1) is 0 Å². The van der Waals surface area contributed by atoms with E-state index in [0.29, 0.717) is 16.1 Å². The highest BCUT2D eigenvalue weighted by Gasteiger charge is 2.19. The molecule has 0 radical (unpaired) electrons. The summed E-state index contributed by atoms with van der Waals surface area (Å²) in [6, 6.07) is 5.75. The van der Waals surface area contributed by atoms with Gasteiger partial charge in [-0.25, -0.2) is 0 Å². The van der Waals surface area contributed by atoms with E-state index in [1.807, 2.05) is 12.1 Å². The third kappa shape index (κ3) is 3.59. The van der Waals surface area contributed by atoms with Crippen molar-refractivity contribution in [3.8, 4) is 0 Å². The van der Waals surface area contributed by atoms with E-state index in [-0.39, 0.29) is 6.04 Å². The van der Waals surface area contributed by atoms with Crippen molar-refractivity contribution in [2.24, 2.45) is 5.73 Å². The molecule has 2 rings (SSSR count). The minimum Gasteiger partial charge on any atom is -0.378 e. The molecule has 2 nitrogen and oxygen atoms in total. The van der Waals surface area contributed by atoms with E-state index in [9.17, 15) is 0 Å². The molecule has 0 aromatic heterocycles. The zero-order chi connectivity index (χ0) is 12.3. The molecular weight excluding hydrogens is 257 g/mol. The van der Waals surface area contributed by atoms with Crippen molar-refractivity contribution in [1.82, 2.24) is 0 Å². The lowest BCUT2D eigenvalue weighted by Gasteiger charge is -2.17. The molecule has 4 heteroatoms. The van der Waals surface area contributed by atoms with E-state index >= 15 is 0 Å². The second-order valence-corrected chi connectivity index (χ2v) is 5.33. The van der Waals surface area contributed by atoms with Gasteiger partial charge in [-0.3, -0.25) is 0 Å². The highest BCUT2D eigenvalue weighted by molar-refractivity contribution is 6.42. The van der Waals surface area contributed by atoms with Crippen molar-refractivity contribution in [3.05, 3.63) is 33.8 Å². The van der Waals surface area contributed by atoms with Crippen LogP contribution in [0.25, 0.3) is 0 Å². The van der Waals surface area contributed by atoms with Gasteiger partial charge in [0.1, 0.15) is 0 Å². The molecule has 1 aliphatic rings. The first kappa shape index (κ1) is 13.2. The Hall–Kier alpha value is -0.280. The largest absolute Gasteiger partial charge is 0.378 e. The second kappa shape index (κ2) is 6.05. The molecule has 2 unspecified atom stereocenters. The molecule has 94 valence electrons. The van der Waals surface area contributed by atoms with Crippen LogP contribution in [0.15, 0.2) is 18.2 Å². The molecular formula is C13H17Cl2NO. The van der Waals surface area contributed by atoms with Crippen molar-refractivity contribution in [2.75, 3.05) is 6.61 Å². The van der Waals surface area contributed by atoms with E-state index in [4.69, 9.17) is 33.7 Å². The van der Waals surface area contributed by atoms with Crippen LogP contribution in [0.5, 0.6) is 0 Å². The Morgan fingerprint density at radius 3 is 2.94 bits per heavy atom. The molecule has 1 fully saturated rings. The Morgan fingerprint density at radius 2 is 2.24 bits per heavy atom. The smallest absolute Gasteiger partial charge is 0.0624 e. The molecule has 0 saturated carbocycles. The maximum atomic E-state index is 6.14. The van der Waals surface area contributed by atoms with E-state index in [0.717, 1.165) is 37.9 Å². The summed E-state index contributed by atoms with van der Waals surface area (Å²) >= 11 is 12.1. The van der Waals surface area contributed by atoms with E-state index < -0.39 is 0 Å². The lowest BCUT2D eigenvalue weighted by molar-refractivity contribution is 0.0983. The number of hydrogen-bond acceptors (Lipinski definition) is 2. The Bertz CT molecular complexity index is 378. The first-order chi connectivity index (χ1) is 8.16. The maximum absolute atomic E-state index is 6.14. The zero-order valence-electron chi connectivity index (χ0n) is 9.66. The minimum absolute atomic E-state index is 0.0778. The van der Waals surface area contributed by atoms with E-state index in [2.05, 4.69) is 0 Å². The topological polar surface area (TPSA) is 35.2 Å². The average molecular weight is 274 g/mol. The summed E-state index contributed by atoms with van der Waals surface area (Å²) in [6.45, 7) is 0.870. The summed E-state index contributed by atoms with van der Waals surface area (Å²) in [5.41, 5.74) is 7.14. The first-order valence-electron chi connectivity index (χ1n) is 5.97. The molecule has 0 aliphatic carbocycles. The maximum Gasteiger partial charge on any atom is 0.0624 e. The van der Waals surface area contributed by atoms with Gasteiger partial charge in [-0.05, 0) is 37.3 Å². The summed E-state index contributed by atoms with van der Waals surface area (Å²) in [7, 11) is 0. The van der Waals surface area contributed by atoms with Crippen LogP contribution in [-0.2, 0) is 11.2 Å². The van der Waals surface area contributed by atoms with Crippen LogP contribution >= 0.6 is 23.2 Å². The summed E-state index contributed by atoms with van der Waals surface area (Å²) < 4.78 is 5.58. The zero-order valence-corrected chi connectivity index (χ0v) is 11.2. The van der Waals surface area contributed by atoms with Crippen molar-refractivity contribution in [2.45, 2.75) is 37.8 Å². The second-order valence-electron chi connectivity index (χ2n) is 4.55. The van der Waals surface area contributed by atoms with Gasteiger partial charge >= 0.3 is 0 Å². The van der Waals surface area contributed by atoms with Crippen LogP contribution in [0.3, 0.4) is 0 Å². The number of halogens is 2. The van der Waals surface area contributed by atoms with Crippen molar-refractivity contribution < 1.29 is 4.74 Å². The Kier molecular flexibility index (Phi) is 4.69. The Balaban J connectivity index is 1.93. The van der Waals surface area contributed by atoms with Crippen LogP contribution < -0.4 is 5.73 Å². The highest BCUT2D eigenvalue weighted by Crippen LogP contribution is 2.27. The highest BCUT2D eigenvalue weighted by atomic mass is 35.5. The molecule has 1 aromatic rings. The lowest BCUT2D eigenvalue weighted by Crippen LogP contribution is -2.28. The van der Waals surface area contributed by atoms with Gasteiger partial charge < -0.3 is 10.5 Å². The molecule has 0 bridgehead atoms. The predicted octanol–water partition coefficient (Wildman–Crippen LogP) is 3.43. The molecule has 1 aromatic carbocycles. The van der Waals surface area contributed by atoms with Gasteiger partial charge in [-0.1, -0.05) is 35.3 Å². The standard InChI is InChI=1S/C13H17Cl2NO/c14-12-5-1-3-9(13(12)15)7-10(16)8-11-4-2-6-17-11/h1,3,5,10-11H,2,4,6-8,16H2. The molecule has 0 amide bonds. The van der Waals surface area contributed by atoms with Gasteiger partial charge in [0.15, 0.2) is 0 Å². The van der Waals surface area contributed by atoms with Gasteiger partial charge in [0, 0.05) is 12.6 Å². The summed E-state index contributed by atoms with van der Waals surface area (Å²) in [5, 5.41) is 1.21. The molecule has 1 heterocycles. The van der Waals surface area contributed by atoms with E-state index in [1.165, 1.54) is 0 Å². The summed E-state index contributed by atoms with van der Waals surface area (Å²) in [4.78, 5) is 0. The fraction of sp³-hybridized carbons (Fsp3) is 0.538. The van der Waals surface area contributed by atoms with Crippen LogP contribution in [0.4, 0.5) is 0 Å². The minimum atomic E-state index is 0.0778. The van der Waals surface area contributed by atoms with Crippen molar-refractivity contribution >= 4 is 23.2 Å².